The summed E-state index contributed by atoms with van der Waals surface area (Å²) >= 11 is 0. The fraction of sp³-hybridized carbons (Fsp3) is 0.389. The molecule has 0 spiro atoms. The van der Waals surface area contributed by atoms with Crippen LogP contribution in [0, 0.1) is 0 Å². The van der Waals surface area contributed by atoms with Crippen LogP contribution in [0.15, 0.2) is 42.6 Å². The summed E-state index contributed by atoms with van der Waals surface area (Å²) in [7, 11) is 3.34. The Labute approximate surface area is 137 Å². The van der Waals surface area contributed by atoms with E-state index in [0.717, 1.165) is 48.9 Å². The molecule has 5 nitrogen and oxygen atoms in total. The molecular formula is C18H23N3O2. The van der Waals surface area contributed by atoms with E-state index in [4.69, 9.17) is 9.47 Å². The Morgan fingerprint density at radius 3 is 2.57 bits per heavy atom. The molecule has 2 heterocycles. The standard InChI is InChI=1S/C18H23N3O2/c1-22-16-10-15(11-17(12-16)23-2)20-14-6-5-9-21(13-14)18-7-3-4-8-19-18/h3-4,7-8,10-12,14,20H,5-6,9,13H2,1-2H3. The van der Waals surface area contributed by atoms with Gasteiger partial charge in [0, 0.05) is 49.2 Å². The average molecular weight is 313 g/mol. The van der Waals surface area contributed by atoms with Crippen molar-refractivity contribution in [2.75, 3.05) is 37.5 Å². The van der Waals surface area contributed by atoms with E-state index >= 15 is 0 Å². The molecule has 1 aliphatic heterocycles. The molecule has 1 N–H and O–H groups in total. The van der Waals surface area contributed by atoms with Gasteiger partial charge in [0.25, 0.3) is 0 Å². The number of rotatable bonds is 5. The maximum absolute atomic E-state index is 5.34. The van der Waals surface area contributed by atoms with E-state index in [1.165, 1.54) is 0 Å². The first-order valence-electron chi connectivity index (χ1n) is 7.94. The van der Waals surface area contributed by atoms with E-state index in [9.17, 15) is 0 Å². The molecule has 1 aliphatic rings. The lowest BCUT2D eigenvalue weighted by Gasteiger charge is -2.34. The summed E-state index contributed by atoms with van der Waals surface area (Å²) in [6.07, 6.45) is 4.14. The molecule has 1 unspecified atom stereocenters. The highest BCUT2D eigenvalue weighted by Gasteiger charge is 2.21. The van der Waals surface area contributed by atoms with Crippen LogP contribution in [-0.4, -0.2) is 38.3 Å². The number of nitrogens with one attached hydrogen (secondary N) is 1. The molecule has 5 heteroatoms. The zero-order valence-electron chi connectivity index (χ0n) is 13.7. The number of methoxy groups -OCH3 is 2. The highest BCUT2D eigenvalue weighted by Crippen LogP contribution is 2.27. The van der Waals surface area contributed by atoms with Crippen LogP contribution >= 0.6 is 0 Å². The Bertz CT molecular complexity index is 611. The zero-order chi connectivity index (χ0) is 16.1. The number of ether oxygens (including phenoxy) is 2. The fourth-order valence-corrected chi connectivity index (χ4v) is 2.97. The molecule has 0 amide bonds. The topological polar surface area (TPSA) is 46.6 Å². The Hall–Kier alpha value is -2.43. The predicted octanol–water partition coefficient (Wildman–Crippen LogP) is 3.18. The van der Waals surface area contributed by atoms with Crippen molar-refractivity contribution in [1.82, 2.24) is 4.98 Å². The van der Waals surface area contributed by atoms with Crippen molar-refractivity contribution in [2.24, 2.45) is 0 Å². The third kappa shape index (κ3) is 3.86. The molecule has 1 aromatic carbocycles. The first kappa shape index (κ1) is 15.5. The summed E-state index contributed by atoms with van der Waals surface area (Å²) in [5, 5.41) is 3.60. The summed E-state index contributed by atoms with van der Waals surface area (Å²) in [6, 6.07) is 12.3. The lowest BCUT2D eigenvalue weighted by atomic mass is 10.1. The van der Waals surface area contributed by atoms with Crippen molar-refractivity contribution in [3.05, 3.63) is 42.6 Å². The summed E-state index contributed by atoms with van der Waals surface area (Å²) in [6.45, 7) is 1.99. The lowest BCUT2D eigenvalue weighted by Crippen LogP contribution is -2.42. The van der Waals surface area contributed by atoms with Crippen LogP contribution in [0.4, 0.5) is 11.5 Å². The Balaban J connectivity index is 1.70. The number of nitrogens with zero attached hydrogens (tertiary/aromatic N) is 2. The molecule has 0 bridgehead atoms. The second kappa shape index (κ2) is 7.22. The van der Waals surface area contributed by atoms with E-state index < -0.39 is 0 Å². The number of aromatic nitrogens is 1. The highest BCUT2D eigenvalue weighted by molar-refractivity contribution is 5.54. The van der Waals surface area contributed by atoms with Gasteiger partial charge in [0.1, 0.15) is 17.3 Å². The molecule has 23 heavy (non-hydrogen) atoms. The van der Waals surface area contributed by atoms with Gasteiger partial charge < -0.3 is 19.7 Å². The van der Waals surface area contributed by atoms with Crippen molar-refractivity contribution in [3.63, 3.8) is 0 Å². The van der Waals surface area contributed by atoms with Gasteiger partial charge in [0.15, 0.2) is 0 Å². The van der Waals surface area contributed by atoms with Crippen LogP contribution in [0.25, 0.3) is 0 Å². The van der Waals surface area contributed by atoms with Gasteiger partial charge in [-0.3, -0.25) is 0 Å². The molecule has 0 saturated carbocycles. The van der Waals surface area contributed by atoms with E-state index in [1.54, 1.807) is 14.2 Å². The minimum absolute atomic E-state index is 0.377. The van der Waals surface area contributed by atoms with Gasteiger partial charge >= 0.3 is 0 Å². The summed E-state index contributed by atoms with van der Waals surface area (Å²) in [5.41, 5.74) is 1.02. The molecule has 1 saturated heterocycles. The monoisotopic (exact) mass is 313 g/mol. The predicted molar refractivity (Wildman–Crippen MR) is 92.6 cm³/mol. The maximum atomic E-state index is 5.34. The molecule has 122 valence electrons. The van der Waals surface area contributed by atoms with Crippen molar-refractivity contribution in [2.45, 2.75) is 18.9 Å². The molecule has 1 atom stereocenters. The zero-order valence-corrected chi connectivity index (χ0v) is 13.7. The quantitative estimate of drug-likeness (QED) is 0.918. The summed E-state index contributed by atoms with van der Waals surface area (Å²) < 4.78 is 10.7. The summed E-state index contributed by atoms with van der Waals surface area (Å²) in [5.74, 6) is 2.63. The summed E-state index contributed by atoms with van der Waals surface area (Å²) in [4.78, 5) is 6.79. The number of benzene rings is 1. The molecule has 0 aliphatic carbocycles. The van der Waals surface area contributed by atoms with Crippen LogP contribution in [0.1, 0.15) is 12.8 Å². The van der Waals surface area contributed by atoms with Gasteiger partial charge in [-0.25, -0.2) is 4.98 Å². The molecule has 2 aromatic rings. The number of hydrogen-bond acceptors (Lipinski definition) is 5. The minimum Gasteiger partial charge on any atom is -0.497 e. The van der Waals surface area contributed by atoms with Crippen molar-refractivity contribution < 1.29 is 9.47 Å². The smallest absolute Gasteiger partial charge is 0.128 e. The number of pyridine rings is 1. The molecule has 3 rings (SSSR count). The van der Waals surface area contributed by atoms with E-state index in [1.807, 2.05) is 36.5 Å². The Morgan fingerprint density at radius 1 is 1.13 bits per heavy atom. The normalized spacial score (nSPS) is 17.7. The molecule has 1 fully saturated rings. The van der Waals surface area contributed by atoms with Crippen molar-refractivity contribution in [3.8, 4) is 11.5 Å². The van der Waals surface area contributed by atoms with E-state index in [-0.39, 0.29) is 0 Å². The van der Waals surface area contributed by atoms with Gasteiger partial charge in [-0.05, 0) is 25.0 Å². The van der Waals surface area contributed by atoms with Gasteiger partial charge in [0.05, 0.1) is 14.2 Å². The van der Waals surface area contributed by atoms with Crippen molar-refractivity contribution >= 4 is 11.5 Å². The highest BCUT2D eigenvalue weighted by atomic mass is 16.5. The largest absolute Gasteiger partial charge is 0.497 e. The lowest BCUT2D eigenvalue weighted by molar-refractivity contribution is 0.394. The maximum Gasteiger partial charge on any atom is 0.128 e. The second-order valence-electron chi connectivity index (χ2n) is 5.72. The van der Waals surface area contributed by atoms with Gasteiger partial charge in [-0.2, -0.15) is 0 Å². The second-order valence-corrected chi connectivity index (χ2v) is 5.72. The van der Waals surface area contributed by atoms with E-state index in [2.05, 4.69) is 21.3 Å². The number of piperidine rings is 1. The molecular weight excluding hydrogens is 290 g/mol. The molecule has 1 aromatic heterocycles. The Morgan fingerprint density at radius 2 is 1.91 bits per heavy atom. The number of hydrogen-bond donors (Lipinski definition) is 1. The van der Waals surface area contributed by atoms with Gasteiger partial charge in [-0.15, -0.1) is 0 Å². The average Bonchev–Trinajstić information content (AvgIpc) is 2.62. The number of anilines is 2. The fourth-order valence-electron chi connectivity index (χ4n) is 2.97. The molecule has 0 radical (unpaired) electrons. The third-order valence-electron chi connectivity index (χ3n) is 4.12. The van der Waals surface area contributed by atoms with Crippen LogP contribution in [-0.2, 0) is 0 Å². The van der Waals surface area contributed by atoms with Gasteiger partial charge in [0.2, 0.25) is 0 Å². The van der Waals surface area contributed by atoms with Crippen LogP contribution < -0.4 is 19.7 Å². The SMILES string of the molecule is COc1cc(NC2CCCN(c3ccccn3)C2)cc(OC)c1. The first-order valence-corrected chi connectivity index (χ1v) is 7.94. The van der Waals surface area contributed by atoms with Gasteiger partial charge in [-0.1, -0.05) is 6.07 Å². The minimum atomic E-state index is 0.377. The first-order chi connectivity index (χ1) is 11.3. The van der Waals surface area contributed by atoms with Crippen molar-refractivity contribution in [1.29, 1.82) is 0 Å². The Kier molecular flexibility index (Phi) is 4.86. The van der Waals surface area contributed by atoms with Crippen LogP contribution in [0.5, 0.6) is 11.5 Å². The van der Waals surface area contributed by atoms with Crippen LogP contribution in [0.3, 0.4) is 0 Å². The van der Waals surface area contributed by atoms with E-state index in [0.29, 0.717) is 6.04 Å². The van der Waals surface area contributed by atoms with Crippen LogP contribution in [0.2, 0.25) is 0 Å². The third-order valence-corrected chi connectivity index (χ3v) is 4.12.